The topological polar surface area (TPSA) is 24.9 Å². The summed E-state index contributed by atoms with van der Waals surface area (Å²) in [6.45, 7) is 19.9. The summed E-state index contributed by atoms with van der Waals surface area (Å²) in [7, 11) is -0.275. The van der Waals surface area contributed by atoms with Gasteiger partial charge < -0.3 is 14.2 Å². The lowest BCUT2D eigenvalue weighted by atomic mass is 9.78. The molecule has 2 saturated heterocycles. The average Bonchev–Trinajstić information content (AvgIpc) is 2.77. The Morgan fingerprint density at radius 1 is 0.962 bits per heavy atom. The van der Waals surface area contributed by atoms with Crippen LogP contribution in [-0.4, -0.2) is 60.8 Å². The van der Waals surface area contributed by atoms with Crippen LogP contribution in [0.3, 0.4) is 0 Å². The van der Waals surface area contributed by atoms with Crippen LogP contribution in [0.1, 0.15) is 47.1 Å². The molecule has 0 radical (unpaired) electrons. The first-order valence-corrected chi connectivity index (χ1v) is 10.1. The highest BCUT2D eigenvalue weighted by atomic mass is 16.7. The fourth-order valence-corrected chi connectivity index (χ4v) is 3.72. The second kappa shape index (κ2) is 7.63. The molecule has 3 rings (SSSR count). The van der Waals surface area contributed by atoms with Gasteiger partial charge in [0.15, 0.2) is 0 Å². The summed E-state index contributed by atoms with van der Waals surface area (Å²) in [5, 5.41) is 0. The molecule has 1 aromatic carbocycles. The molecule has 0 bridgehead atoms. The molecule has 1 aromatic rings. The molecular weight excluding hydrogens is 323 g/mol. The summed E-state index contributed by atoms with van der Waals surface area (Å²) in [5.41, 5.74) is 1.88. The van der Waals surface area contributed by atoms with Crippen LogP contribution in [0.5, 0.6) is 0 Å². The van der Waals surface area contributed by atoms with Crippen LogP contribution in [0.25, 0.3) is 0 Å². The minimum atomic E-state index is -0.291. The second-order valence-corrected chi connectivity index (χ2v) is 9.30. The minimum Gasteiger partial charge on any atom is -0.399 e. The largest absolute Gasteiger partial charge is 0.494 e. The van der Waals surface area contributed by atoms with Gasteiger partial charge >= 0.3 is 7.12 Å². The van der Waals surface area contributed by atoms with Crippen molar-refractivity contribution in [1.82, 2.24) is 9.80 Å². The standard InChI is InChI=1S/C21H35BN2O2/c1-17(2)15-23-10-12-24(13-11-23)16-18-8-7-9-19(14-18)22-25-20(3,4)21(5,6)26-22/h7-9,14,17H,10-13,15-16H2,1-6H3. The molecule has 144 valence electrons. The van der Waals surface area contributed by atoms with Crippen molar-refractivity contribution >= 4 is 12.6 Å². The smallest absolute Gasteiger partial charge is 0.399 e. The van der Waals surface area contributed by atoms with E-state index < -0.39 is 0 Å². The first-order valence-electron chi connectivity index (χ1n) is 10.1. The molecule has 0 saturated carbocycles. The van der Waals surface area contributed by atoms with Gasteiger partial charge in [0, 0.05) is 39.3 Å². The Morgan fingerprint density at radius 2 is 1.54 bits per heavy atom. The van der Waals surface area contributed by atoms with Crippen molar-refractivity contribution in [1.29, 1.82) is 0 Å². The van der Waals surface area contributed by atoms with Gasteiger partial charge in [-0.1, -0.05) is 38.1 Å². The lowest BCUT2D eigenvalue weighted by molar-refractivity contribution is 0.00578. The van der Waals surface area contributed by atoms with E-state index in [0.717, 1.165) is 31.0 Å². The van der Waals surface area contributed by atoms with Gasteiger partial charge in [0.1, 0.15) is 0 Å². The van der Waals surface area contributed by atoms with Crippen LogP contribution in [0.4, 0.5) is 0 Å². The number of hydrogen-bond donors (Lipinski definition) is 0. The predicted octanol–water partition coefficient (Wildman–Crippen LogP) is 2.76. The highest BCUT2D eigenvalue weighted by molar-refractivity contribution is 6.62. The van der Waals surface area contributed by atoms with Gasteiger partial charge in [-0.3, -0.25) is 4.90 Å². The van der Waals surface area contributed by atoms with Gasteiger partial charge in [-0.2, -0.15) is 0 Å². The number of hydrogen-bond acceptors (Lipinski definition) is 4. The van der Waals surface area contributed by atoms with E-state index in [1.54, 1.807) is 0 Å². The molecule has 0 atom stereocenters. The number of benzene rings is 1. The molecule has 26 heavy (non-hydrogen) atoms. The van der Waals surface area contributed by atoms with E-state index in [1.165, 1.54) is 25.2 Å². The number of nitrogens with zero attached hydrogens (tertiary/aromatic N) is 2. The zero-order chi connectivity index (χ0) is 18.9. The van der Waals surface area contributed by atoms with Gasteiger partial charge in [-0.25, -0.2) is 0 Å². The molecule has 0 N–H and O–H groups in total. The molecule has 4 nitrogen and oxygen atoms in total. The molecule has 2 fully saturated rings. The lowest BCUT2D eigenvalue weighted by Crippen LogP contribution is -2.47. The first kappa shape index (κ1) is 19.9. The van der Waals surface area contributed by atoms with Crippen molar-refractivity contribution in [3.63, 3.8) is 0 Å². The van der Waals surface area contributed by atoms with Crippen molar-refractivity contribution in [2.75, 3.05) is 32.7 Å². The van der Waals surface area contributed by atoms with Crippen molar-refractivity contribution in [2.45, 2.75) is 59.3 Å². The fraction of sp³-hybridized carbons (Fsp3) is 0.714. The van der Waals surface area contributed by atoms with E-state index in [9.17, 15) is 0 Å². The molecule has 2 aliphatic heterocycles. The van der Waals surface area contributed by atoms with Crippen molar-refractivity contribution in [2.24, 2.45) is 5.92 Å². The first-order chi connectivity index (χ1) is 12.2. The highest BCUT2D eigenvalue weighted by Crippen LogP contribution is 2.36. The summed E-state index contributed by atoms with van der Waals surface area (Å²) < 4.78 is 12.4. The third kappa shape index (κ3) is 4.51. The van der Waals surface area contributed by atoms with Gasteiger partial charge in [-0.15, -0.1) is 0 Å². The maximum atomic E-state index is 6.20. The normalized spacial score (nSPS) is 23.7. The molecule has 0 aromatic heterocycles. The molecule has 0 spiro atoms. The third-order valence-corrected chi connectivity index (χ3v) is 5.97. The third-order valence-electron chi connectivity index (χ3n) is 5.97. The summed E-state index contributed by atoms with van der Waals surface area (Å²) in [4.78, 5) is 5.14. The lowest BCUT2D eigenvalue weighted by Gasteiger charge is -2.35. The monoisotopic (exact) mass is 358 g/mol. The Hall–Kier alpha value is -0.875. The van der Waals surface area contributed by atoms with Crippen molar-refractivity contribution in [3.05, 3.63) is 29.8 Å². The Labute approximate surface area is 160 Å². The van der Waals surface area contributed by atoms with Crippen LogP contribution >= 0.6 is 0 Å². The Kier molecular flexibility index (Phi) is 5.83. The Balaban J connectivity index is 1.59. The van der Waals surface area contributed by atoms with Gasteiger partial charge in [0.05, 0.1) is 11.2 Å². The zero-order valence-corrected chi connectivity index (χ0v) is 17.4. The minimum absolute atomic E-state index is 0.275. The molecular formula is C21H35BN2O2. The highest BCUT2D eigenvalue weighted by Gasteiger charge is 2.51. The predicted molar refractivity (Wildman–Crippen MR) is 109 cm³/mol. The molecule has 5 heteroatoms. The molecule has 0 unspecified atom stereocenters. The fourth-order valence-electron chi connectivity index (χ4n) is 3.72. The van der Waals surface area contributed by atoms with E-state index in [1.807, 2.05) is 0 Å². The summed E-state index contributed by atoms with van der Waals surface area (Å²) >= 11 is 0. The molecule has 2 heterocycles. The number of rotatable bonds is 5. The van der Waals surface area contributed by atoms with E-state index in [2.05, 4.69) is 75.6 Å². The summed E-state index contributed by atoms with van der Waals surface area (Å²) in [5.74, 6) is 0.748. The van der Waals surface area contributed by atoms with Crippen LogP contribution in [0, 0.1) is 5.92 Å². The maximum absolute atomic E-state index is 6.20. The van der Waals surface area contributed by atoms with Crippen LogP contribution < -0.4 is 5.46 Å². The Bertz CT molecular complexity index is 594. The average molecular weight is 358 g/mol. The van der Waals surface area contributed by atoms with E-state index >= 15 is 0 Å². The van der Waals surface area contributed by atoms with E-state index in [0.29, 0.717) is 0 Å². The number of piperazine rings is 1. The Morgan fingerprint density at radius 3 is 2.12 bits per heavy atom. The van der Waals surface area contributed by atoms with Crippen molar-refractivity contribution < 1.29 is 9.31 Å². The molecule has 0 amide bonds. The molecule has 2 aliphatic rings. The van der Waals surface area contributed by atoms with Crippen molar-refractivity contribution in [3.8, 4) is 0 Å². The molecule has 0 aliphatic carbocycles. The maximum Gasteiger partial charge on any atom is 0.494 e. The second-order valence-electron chi connectivity index (χ2n) is 9.30. The zero-order valence-electron chi connectivity index (χ0n) is 17.4. The van der Waals surface area contributed by atoms with Gasteiger partial charge in [0.2, 0.25) is 0 Å². The summed E-state index contributed by atoms with van der Waals surface area (Å²) in [6.07, 6.45) is 0. The SMILES string of the molecule is CC(C)CN1CCN(Cc2cccc(B3OC(C)(C)C(C)(C)O3)c2)CC1. The quantitative estimate of drug-likeness (QED) is 0.756. The summed E-state index contributed by atoms with van der Waals surface area (Å²) in [6, 6.07) is 8.72. The van der Waals surface area contributed by atoms with Crippen LogP contribution in [-0.2, 0) is 15.9 Å². The van der Waals surface area contributed by atoms with E-state index in [4.69, 9.17) is 9.31 Å². The van der Waals surface area contributed by atoms with E-state index in [-0.39, 0.29) is 18.3 Å². The van der Waals surface area contributed by atoms with Crippen LogP contribution in [0.15, 0.2) is 24.3 Å². The van der Waals surface area contributed by atoms with Gasteiger partial charge in [-0.05, 0) is 44.6 Å². The van der Waals surface area contributed by atoms with Gasteiger partial charge in [0.25, 0.3) is 0 Å². The van der Waals surface area contributed by atoms with Crippen LogP contribution in [0.2, 0.25) is 0 Å².